The van der Waals surface area contributed by atoms with E-state index in [1.165, 1.54) is 6.07 Å². The molecule has 0 aliphatic carbocycles. The summed E-state index contributed by atoms with van der Waals surface area (Å²) in [6.45, 7) is 2.36. The average Bonchev–Trinajstić information content (AvgIpc) is 2.81. The van der Waals surface area contributed by atoms with Gasteiger partial charge >= 0.3 is 0 Å². The number of halogens is 2. The number of hydrogen-bond donors (Lipinski definition) is 2. The van der Waals surface area contributed by atoms with Crippen molar-refractivity contribution in [2.75, 3.05) is 6.54 Å². The van der Waals surface area contributed by atoms with Crippen LogP contribution in [-0.4, -0.2) is 21.4 Å². The molecule has 1 unspecified atom stereocenters. The van der Waals surface area contributed by atoms with Gasteiger partial charge in [0.2, 0.25) is 0 Å². The highest BCUT2D eigenvalue weighted by molar-refractivity contribution is 9.10. The number of hydrogen-bond acceptors (Lipinski definition) is 3. The number of aryl methyl sites for hydroxylation is 1. The summed E-state index contributed by atoms with van der Waals surface area (Å²) in [5, 5.41) is 17.5. The minimum atomic E-state index is -1.04. The van der Waals surface area contributed by atoms with E-state index in [1.807, 2.05) is 0 Å². The Kier molecular flexibility index (Phi) is 4.57. The number of rotatable bonds is 5. The number of benzene rings is 1. The first-order chi connectivity index (χ1) is 9.38. The molecule has 0 fully saturated rings. The molecule has 0 spiro atoms. The summed E-state index contributed by atoms with van der Waals surface area (Å²) in [5.41, 5.74) is 0.236. The zero-order chi connectivity index (χ0) is 14.8. The van der Waals surface area contributed by atoms with E-state index < -0.39 is 5.60 Å². The summed E-state index contributed by atoms with van der Waals surface area (Å²) < 4.78 is 16.0. The molecule has 1 atom stereocenters. The fourth-order valence-corrected chi connectivity index (χ4v) is 2.33. The molecular formula is C14H17BrFN3O. The lowest BCUT2D eigenvalue weighted by Crippen LogP contribution is -2.35. The third kappa shape index (κ3) is 3.65. The Hall–Kier alpha value is -1.24. The topological polar surface area (TPSA) is 50.1 Å². The molecule has 0 bridgehead atoms. The van der Waals surface area contributed by atoms with E-state index in [0.717, 1.165) is 10.0 Å². The Morgan fingerprint density at radius 3 is 2.90 bits per heavy atom. The maximum absolute atomic E-state index is 13.6. The predicted octanol–water partition coefficient (Wildman–Crippen LogP) is 2.32. The van der Waals surface area contributed by atoms with Gasteiger partial charge in [-0.15, -0.1) is 0 Å². The number of aromatic nitrogens is 2. The summed E-state index contributed by atoms with van der Waals surface area (Å²) in [6, 6.07) is 4.80. The summed E-state index contributed by atoms with van der Waals surface area (Å²) in [7, 11) is 1.80. The van der Waals surface area contributed by atoms with Gasteiger partial charge in [-0.3, -0.25) is 4.68 Å². The van der Waals surface area contributed by atoms with Crippen molar-refractivity contribution in [1.82, 2.24) is 15.1 Å². The van der Waals surface area contributed by atoms with Crippen molar-refractivity contribution in [3.63, 3.8) is 0 Å². The van der Waals surface area contributed by atoms with Gasteiger partial charge in [0.15, 0.2) is 0 Å². The first-order valence-electron chi connectivity index (χ1n) is 6.24. The molecule has 108 valence electrons. The quantitative estimate of drug-likeness (QED) is 0.877. The largest absolute Gasteiger partial charge is 0.384 e. The van der Waals surface area contributed by atoms with Crippen molar-refractivity contribution >= 4 is 15.9 Å². The van der Waals surface area contributed by atoms with Gasteiger partial charge in [0.1, 0.15) is 11.4 Å². The molecule has 2 aromatic rings. The standard InChI is InChI=1S/C14H17BrFN3O/c1-14(20,11-7-18-19(2)8-11)9-17-6-10-5-12(15)3-4-13(10)16/h3-5,7-8,17,20H,6,9H2,1-2H3. The fraction of sp³-hybridized carbons (Fsp3) is 0.357. The SMILES string of the molecule is Cn1cc(C(C)(O)CNCc2cc(Br)ccc2F)cn1. The number of nitrogens with zero attached hydrogens (tertiary/aromatic N) is 2. The van der Waals surface area contributed by atoms with E-state index in [0.29, 0.717) is 18.7 Å². The van der Waals surface area contributed by atoms with Gasteiger partial charge in [-0.25, -0.2) is 4.39 Å². The number of nitrogens with one attached hydrogen (secondary N) is 1. The molecule has 2 N–H and O–H groups in total. The zero-order valence-electron chi connectivity index (χ0n) is 11.4. The minimum absolute atomic E-state index is 0.262. The van der Waals surface area contributed by atoms with Crippen molar-refractivity contribution in [1.29, 1.82) is 0 Å². The van der Waals surface area contributed by atoms with E-state index in [4.69, 9.17) is 0 Å². The van der Waals surface area contributed by atoms with Crippen LogP contribution >= 0.6 is 15.9 Å². The van der Waals surface area contributed by atoms with Gasteiger partial charge in [-0.2, -0.15) is 5.10 Å². The molecule has 0 saturated heterocycles. The van der Waals surface area contributed by atoms with E-state index in [1.54, 1.807) is 43.2 Å². The predicted molar refractivity (Wildman–Crippen MR) is 78.6 cm³/mol. The van der Waals surface area contributed by atoms with Crippen LogP contribution < -0.4 is 5.32 Å². The second-order valence-corrected chi connectivity index (χ2v) is 5.93. The van der Waals surface area contributed by atoms with Crippen LogP contribution in [0.4, 0.5) is 4.39 Å². The van der Waals surface area contributed by atoms with Crippen LogP contribution in [0.1, 0.15) is 18.1 Å². The molecule has 1 aromatic heterocycles. The highest BCUT2D eigenvalue weighted by Gasteiger charge is 2.24. The van der Waals surface area contributed by atoms with Crippen LogP contribution in [-0.2, 0) is 19.2 Å². The maximum atomic E-state index is 13.6. The molecule has 4 nitrogen and oxygen atoms in total. The van der Waals surface area contributed by atoms with Gasteiger partial charge in [-0.1, -0.05) is 15.9 Å². The van der Waals surface area contributed by atoms with Crippen molar-refractivity contribution in [3.8, 4) is 0 Å². The van der Waals surface area contributed by atoms with Crippen molar-refractivity contribution < 1.29 is 9.50 Å². The van der Waals surface area contributed by atoms with Gasteiger partial charge in [0, 0.05) is 41.9 Å². The molecule has 2 rings (SSSR count). The maximum Gasteiger partial charge on any atom is 0.127 e. The first kappa shape index (κ1) is 15.2. The molecule has 0 aliphatic rings. The van der Waals surface area contributed by atoms with Gasteiger partial charge in [0.25, 0.3) is 0 Å². The van der Waals surface area contributed by atoms with Gasteiger partial charge < -0.3 is 10.4 Å². The van der Waals surface area contributed by atoms with Crippen LogP contribution in [0.2, 0.25) is 0 Å². The fourth-order valence-electron chi connectivity index (χ4n) is 1.92. The Morgan fingerprint density at radius 1 is 1.50 bits per heavy atom. The Morgan fingerprint density at radius 2 is 2.25 bits per heavy atom. The summed E-state index contributed by atoms with van der Waals surface area (Å²) in [6.07, 6.45) is 3.39. The molecule has 1 aromatic carbocycles. The molecule has 1 heterocycles. The first-order valence-corrected chi connectivity index (χ1v) is 7.04. The molecular weight excluding hydrogens is 325 g/mol. The van der Waals surface area contributed by atoms with Crippen LogP contribution in [0.5, 0.6) is 0 Å². The Labute approximate surface area is 125 Å². The van der Waals surface area contributed by atoms with Crippen LogP contribution in [0, 0.1) is 5.82 Å². The molecule has 6 heteroatoms. The van der Waals surface area contributed by atoms with E-state index in [9.17, 15) is 9.50 Å². The Balaban J connectivity index is 1.97. The van der Waals surface area contributed by atoms with E-state index in [-0.39, 0.29) is 5.82 Å². The van der Waals surface area contributed by atoms with Crippen LogP contribution in [0.3, 0.4) is 0 Å². The third-order valence-electron chi connectivity index (χ3n) is 3.12. The smallest absolute Gasteiger partial charge is 0.127 e. The normalized spacial score (nSPS) is 14.2. The second kappa shape index (κ2) is 6.03. The zero-order valence-corrected chi connectivity index (χ0v) is 13.0. The Bertz CT molecular complexity index is 598. The molecule has 0 amide bonds. The van der Waals surface area contributed by atoms with Gasteiger partial charge in [0.05, 0.1) is 6.20 Å². The summed E-state index contributed by atoms with van der Waals surface area (Å²) >= 11 is 3.31. The van der Waals surface area contributed by atoms with Crippen molar-refractivity contribution in [2.24, 2.45) is 7.05 Å². The van der Waals surface area contributed by atoms with Crippen LogP contribution in [0.25, 0.3) is 0 Å². The molecule has 0 radical (unpaired) electrons. The highest BCUT2D eigenvalue weighted by Crippen LogP contribution is 2.19. The highest BCUT2D eigenvalue weighted by atomic mass is 79.9. The lowest BCUT2D eigenvalue weighted by molar-refractivity contribution is 0.0565. The van der Waals surface area contributed by atoms with Gasteiger partial charge in [-0.05, 0) is 25.1 Å². The summed E-state index contributed by atoms with van der Waals surface area (Å²) in [5.74, 6) is -0.262. The van der Waals surface area contributed by atoms with E-state index in [2.05, 4.69) is 26.3 Å². The van der Waals surface area contributed by atoms with Crippen molar-refractivity contribution in [3.05, 3.63) is 52.0 Å². The monoisotopic (exact) mass is 341 g/mol. The molecule has 20 heavy (non-hydrogen) atoms. The van der Waals surface area contributed by atoms with Crippen LogP contribution in [0.15, 0.2) is 35.1 Å². The average molecular weight is 342 g/mol. The number of aliphatic hydroxyl groups is 1. The lowest BCUT2D eigenvalue weighted by Gasteiger charge is -2.22. The second-order valence-electron chi connectivity index (χ2n) is 5.02. The lowest BCUT2D eigenvalue weighted by atomic mass is 9.99. The summed E-state index contributed by atoms with van der Waals surface area (Å²) in [4.78, 5) is 0. The molecule has 0 aliphatic heterocycles. The van der Waals surface area contributed by atoms with E-state index >= 15 is 0 Å². The third-order valence-corrected chi connectivity index (χ3v) is 3.61. The molecule has 0 saturated carbocycles. The van der Waals surface area contributed by atoms with Crippen molar-refractivity contribution in [2.45, 2.75) is 19.1 Å². The minimum Gasteiger partial charge on any atom is -0.384 e.